The van der Waals surface area contributed by atoms with Crippen LogP contribution in [0.25, 0.3) is 6.08 Å². The van der Waals surface area contributed by atoms with Gasteiger partial charge in [-0.25, -0.2) is 0 Å². The summed E-state index contributed by atoms with van der Waals surface area (Å²) in [7, 11) is 3.08. The molecule has 1 aliphatic carbocycles. The molecule has 2 heterocycles. The van der Waals surface area contributed by atoms with Gasteiger partial charge < -0.3 is 14.4 Å². The Morgan fingerprint density at radius 3 is 2.19 bits per heavy atom. The van der Waals surface area contributed by atoms with Gasteiger partial charge in [0.2, 0.25) is 0 Å². The van der Waals surface area contributed by atoms with E-state index in [0.717, 1.165) is 11.3 Å². The third-order valence-electron chi connectivity index (χ3n) is 8.90. The van der Waals surface area contributed by atoms with Gasteiger partial charge in [-0.05, 0) is 29.8 Å². The number of carbonyl (C=O) groups is 3. The molecule has 0 radical (unpaired) electrons. The van der Waals surface area contributed by atoms with Crippen molar-refractivity contribution in [2.75, 3.05) is 19.1 Å². The van der Waals surface area contributed by atoms with Gasteiger partial charge in [0.05, 0.1) is 25.3 Å². The summed E-state index contributed by atoms with van der Waals surface area (Å²) in [5.74, 6) is -0.849. The predicted octanol–water partition coefficient (Wildman–Crippen LogP) is 6.67. The maximum absolute atomic E-state index is 14.8. The van der Waals surface area contributed by atoms with Gasteiger partial charge in [0, 0.05) is 39.9 Å². The zero-order valence-electron chi connectivity index (χ0n) is 22.9. The summed E-state index contributed by atoms with van der Waals surface area (Å²) >= 11 is 6.62. The average Bonchev–Trinajstić information content (AvgIpc) is 3.46. The fourth-order valence-electron chi connectivity index (χ4n) is 7.16. The summed E-state index contributed by atoms with van der Waals surface area (Å²) in [6, 6.07) is 25.1. The molecule has 1 fully saturated rings. The highest BCUT2D eigenvalue weighted by atomic mass is 35.5. The summed E-state index contributed by atoms with van der Waals surface area (Å²) in [6.45, 7) is 0. The second-order valence-corrected chi connectivity index (χ2v) is 11.1. The number of carbonyl (C=O) groups excluding carboxylic acids is 3. The molecule has 208 valence electrons. The number of para-hydroxylation sites is 1. The molecule has 0 saturated carbocycles. The van der Waals surface area contributed by atoms with E-state index in [0.29, 0.717) is 38.8 Å². The molecule has 1 spiro atoms. The van der Waals surface area contributed by atoms with Crippen LogP contribution >= 0.6 is 11.6 Å². The number of benzene rings is 4. The van der Waals surface area contributed by atoms with E-state index < -0.39 is 23.4 Å². The van der Waals surface area contributed by atoms with Crippen LogP contribution < -0.4 is 14.4 Å². The number of Topliss-reactive ketones (excluding diaryl/α,β-unsaturated/α-hetero) is 3. The first kappa shape index (κ1) is 26.2. The molecule has 0 aromatic heterocycles. The van der Waals surface area contributed by atoms with Crippen molar-refractivity contribution in [2.24, 2.45) is 5.41 Å². The molecule has 42 heavy (non-hydrogen) atoms. The van der Waals surface area contributed by atoms with E-state index in [9.17, 15) is 14.4 Å². The van der Waals surface area contributed by atoms with E-state index in [1.165, 1.54) is 7.11 Å². The minimum Gasteiger partial charge on any atom is -0.497 e. The molecule has 0 N–H and O–H groups in total. The number of methoxy groups -OCH3 is 2. The van der Waals surface area contributed by atoms with Crippen molar-refractivity contribution >= 4 is 40.7 Å². The number of fused-ring (bicyclic) bond motifs is 5. The third-order valence-corrected chi connectivity index (χ3v) is 9.23. The monoisotopic (exact) mass is 575 g/mol. The number of hydrogen-bond donors (Lipinski definition) is 0. The van der Waals surface area contributed by atoms with Gasteiger partial charge >= 0.3 is 0 Å². The van der Waals surface area contributed by atoms with Crippen molar-refractivity contribution in [3.63, 3.8) is 0 Å². The minimum atomic E-state index is -1.64. The predicted molar refractivity (Wildman–Crippen MR) is 161 cm³/mol. The normalized spacial score (nSPS) is 21.2. The van der Waals surface area contributed by atoms with Gasteiger partial charge in [-0.3, -0.25) is 14.4 Å². The Morgan fingerprint density at radius 1 is 0.833 bits per heavy atom. The Bertz CT molecular complexity index is 1790. The van der Waals surface area contributed by atoms with Crippen molar-refractivity contribution in [2.45, 2.75) is 18.0 Å². The maximum Gasteiger partial charge on any atom is 0.187 e. The highest BCUT2D eigenvalue weighted by molar-refractivity contribution is 6.35. The molecule has 0 amide bonds. The van der Waals surface area contributed by atoms with E-state index in [-0.39, 0.29) is 17.3 Å². The molecule has 4 aromatic rings. The van der Waals surface area contributed by atoms with Crippen molar-refractivity contribution in [3.05, 3.63) is 130 Å². The molecule has 7 heteroatoms. The van der Waals surface area contributed by atoms with Crippen LogP contribution in [-0.2, 0) is 0 Å². The maximum atomic E-state index is 14.8. The summed E-state index contributed by atoms with van der Waals surface area (Å²) < 4.78 is 11.3. The molecule has 1 saturated heterocycles. The topological polar surface area (TPSA) is 72.9 Å². The molecule has 4 aromatic carbocycles. The molecular weight excluding hydrogens is 550 g/mol. The zero-order valence-corrected chi connectivity index (χ0v) is 23.7. The number of nitrogens with zero attached hydrogens (tertiary/aromatic N) is 1. The fraction of sp³-hybridized carbons (Fsp3) is 0.171. The molecule has 7 rings (SSSR count). The standard InChI is InChI=1S/C35H26ClNO5/c1-41-21-16-17-25(28(19-21)42-2)30-31(32(38)24-12-6-7-13-26(24)36)37-27-14-8-3-9-20(27)15-18-29(37)35(30)33(39)22-10-4-5-11-23(22)34(35)40/h3-19,29-31H,1-2H3. The molecule has 3 aliphatic rings. The van der Waals surface area contributed by atoms with Gasteiger partial charge in [0.1, 0.15) is 23.0 Å². The quantitative estimate of drug-likeness (QED) is 0.195. The van der Waals surface area contributed by atoms with Gasteiger partial charge in [-0.15, -0.1) is 0 Å². The molecular formula is C35H26ClNO5. The zero-order chi connectivity index (χ0) is 29.2. The SMILES string of the molecule is COc1ccc(C2C(C(=O)c3ccccc3Cl)N3c4ccccc4C=CC3C23C(=O)c2ccccc2C3=O)c(OC)c1. The van der Waals surface area contributed by atoms with Crippen LogP contribution in [0, 0.1) is 5.41 Å². The van der Waals surface area contributed by atoms with Gasteiger partial charge in [-0.2, -0.15) is 0 Å². The van der Waals surface area contributed by atoms with E-state index in [1.54, 1.807) is 73.8 Å². The molecule has 2 aliphatic heterocycles. The molecule has 3 unspecified atom stereocenters. The lowest BCUT2D eigenvalue weighted by Crippen LogP contribution is -2.48. The first-order valence-corrected chi connectivity index (χ1v) is 14.1. The van der Waals surface area contributed by atoms with E-state index in [1.807, 2.05) is 41.3 Å². The van der Waals surface area contributed by atoms with E-state index in [2.05, 4.69) is 0 Å². The van der Waals surface area contributed by atoms with Gasteiger partial charge in [0.15, 0.2) is 17.3 Å². The molecule has 6 nitrogen and oxygen atoms in total. The van der Waals surface area contributed by atoms with Crippen LogP contribution in [0.4, 0.5) is 5.69 Å². The number of ketones is 3. The Labute approximate surface area is 248 Å². The summed E-state index contributed by atoms with van der Waals surface area (Å²) in [4.78, 5) is 46.4. The smallest absolute Gasteiger partial charge is 0.187 e. The van der Waals surface area contributed by atoms with Crippen LogP contribution in [0.2, 0.25) is 5.02 Å². The number of ether oxygens (including phenoxy) is 2. The van der Waals surface area contributed by atoms with Crippen LogP contribution in [0.5, 0.6) is 11.5 Å². The summed E-state index contributed by atoms with van der Waals surface area (Å²) in [6.07, 6.45) is 3.83. The van der Waals surface area contributed by atoms with Crippen molar-refractivity contribution in [3.8, 4) is 11.5 Å². The Morgan fingerprint density at radius 2 is 1.50 bits per heavy atom. The number of rotatable bonds is 5. The Balaban J connectivity index is 1.58. The Hall–Kier alpha value is -4.68. The highest BCUT2D eigenvalue weighted by Crippen LogP contribution is 2.62. The minimum absolute atomic E-state index is 0.285. The summed E-state index contributed by atoms with van der Waals surface area (Å²) in [5, 5.41) is 0.300. The van der Waals surface area contributed by atoms with Crippen LogP contribution in [0.1, 0.15) is 48.1 Å². The lowest BCUT2D eigenvalue weighted by atomic mass is 9.64. The van der Waals surface area contributed by atoms with Gasteiger partial charge in [-0.1, -0.05) is 84.4 Å². The number of halogens is 1. The number of anilines is 1. The fourth-order valence-corrected chi connectivity index (χ4v) is 7.39. The largest absolute Gasteiger partial charge is 0.497 e. The average molecular weight is 576 g/mol. The van der Waals surface area contributed by atoms with Gasteiger partial charge in [0.25, 0.3) is 0 Å². The van der Waals surface area contributed by atoms with Crippen LogP contribution in [-0.4, -0.2) is 43.7 Å². The van der Waals surface area contributed by atoms with E-state index in [4.69, 9.17) is 21.1 Å². The number of hydrogen-bond acceptors (Lipinski definition) is 6. The summed E-state index contributed by atoms with van der Waals surface area (Å²) in [5.41, 5.74) is 1.62. The highest BCUT2D eigenvalue weighted by Gasteiger charge is 2.72. The van der Waals surface area contributed by atoms with E-state index >= 15 is 0 Å². The first-order valence-electron chi connectivity index (χ1n) is 13.7. The second-order valence-electron chi connectivity index (χ2n) is 10.7. The lowest BCUT2D eigenvalue weighted by Gasteiger charge is -2.37. The Kier molecular flexibility index (Phi) is 6.06. The molecule has 0 bridgehead atoms. The van der Waals surface area contributed by atoms with Crippen molar-refractivity contribution < 1.29 is 23.9 Å². The lowest BCUT2D eigenvalue weighted by molar-refractivity contribution is 0.0665. The molecule has 3 atom stereocenters. The van der Waals surface area contributed by atoms with Crippen molar-refractivity contribution in [1.29, 1.82) is 0 Å². The van der Waals surface area contributed by atoms with Crippen LogP contribution in [0.3, 0.4) is 0 Å². The van der Waals surface area contributed by atoms with Crippen LogP contribution in [0.15, 0.2) is 97.1 Å². The first-order chi connectivity index (χ1) is 20.4. The third kappa shape index (κ3) is 3.42. The van der Waals surface area contributed by atoms with Crippen molar-refractivity contribution in [1.82, 2.24) is 0 Å². The second kappa shape index (κ2) is 9.71.